The number of aromatic amines is 3. The van der Waals surface area contributed by atoms with Crippen LogP contribution in [0.3, 0.4) is 0 Å². The predicted octanol–water partition coefficient (Wildman–Crippen LogP) is 8.64. The molecule has 33 heavy (non-hydrogen) atoms. The number of halogens is 4. The van der Waals surface area contributed by atoms with Crippen LogP contribution in [0.5, 0.6) is 0 Å². The second kappa shape index (κ2) is 9.36. The number of aromatic nitrogens is 3. The highest BCUT2D eigenvalue weighted by atomic mass is 35.5. The van der Waals surface area contributed by atoms with Gasteiger partial charge in [-0.15, -0.1) is 0 Å². The molecule has 0 aliphatic rings. The molecule has 0 aliphatic carbocycles. The third kappa shape index (κ3) is 4.22. The van der Waals surface area contributed by atoms with Gasteiger partial charge in [-0.2, -0.15) is 0 Å². The Bertz CT molecular complexity index is 1230. The molecule has 0 spiro atoms. The van der Waals surface area contributed by atoms with E-state index in [0.29, 0.717) is 20.1 Å². The van der Waals surface area contributed by atoms with E-state index in [2.05, 4.69) is 27.1 Å². The minimum atomic E-state index is -0.207. The summed E-state index contributed by atoms with van der Waals surface area (Å²) in [4.78, 5) is 10.3. The minimum Gasteiger partial charge on any atom is -0.364 e. The van der Waals surface area contributed by atoms with Gasteiger partial charge in [-0.05, 0) is 60.7 Å². The summed E-state index contributed by atoms with van der Waals surface area (Å²) in [6.45, 7) is 0. The van der Waals surface area contributed by atoms with E-state index in [1.807, 2.05) is 73.1 Å². The van der Waals surface area contributed by atoms with E-state index in [0.717, 1.165) is 33.9 Å². The van der Waals surface area contributed by atoms with Gasteiger partial charge in [-0.1, -0.05) is 58.5 Å². The SMILES string of the molecule is Clc1cccc(Cl)c1C(c1ccc[nH]1)c1ccc(C(c2ccc[nH]2)c2c(Cl)cccc2Cl)[nH]1. The van der Waals surface area contributed by atoms with E-state index < -0.39 is 0 Å². The van der Waals surface area contributed by atoms with Crippen LogP contribution in [0.25, 0.3) is 0 Å². The second-order valence-electron chi connectivity index (χ2n) is 7.76. The summed E-state index contributed by atoms with van der Waals surface area (Å²) >= 11 is 26.5. The quantitative estimate of drug-likeness (QED) is 0.203. The monoisotopic (exact) mass is 513 g/mol. The highest BCUT2D eigenvalue weighted by Crippen LogP contribution is 2.42. The van der Waals surface area contributed by atoms with Crippen molar-refractivity contribution in [3.05, 3.63) is 139 Å². The lowest BCUT2D eigenvalue weighted by molar-refractivity contribution is 0.852. The topological polar surface area (TPSA) is 47.4 Å². The van der Waals surface area contributed by atoms with Crippen LogP contribution >= 0.6 is 46.4 Å². The largest absolute Gasteiger partial charge is 0.364 e. The first-order chi connectivity index (χ1) is 16.0. The molecular weight excluding hydrogens is 496 g/mol. The van der Waals surface area contributed by atoms with E-state index in [4.69, 9.17) is 46.4 Å². The number of hydrogen-bond donors (Lipinski definition) is 3. The molecule has 0 fully saturated rings. The molecule has 3 aromatic heterocycles. The fraction of sp³-hybridized carbons (Fsp3) is 0.0769. The molecule has 5 rings (SSSR count). The number of rotatable bonds is 6. The van der Waals surface area contributed by atoms with Crippen LogP contribution in [-0.2, 0) is 0 Å². The van der Waals surface area contributed by atoms with Crippen molar-refractivity contribution < 1.29 is 0 Å². The van der Waals surface area contributed by atoms with E-state index in [-0.39, 0.29) is 11.8 Å². The minimum absolute atomic E-state index is 0.207. The molecule has 0 saturated heterocycles. The number of hydrogen-bond acceptors (Lipinski definition) is 0. The molecule has 3 N–H and O–H groups in total. The Balaban J connectivity index is 1.67. The number of H-pyrrole nitrogens is 3. The molecule has 2 atom stereocenters. The average Bonchev–Trinajstić information content (AvgIpc) is 3.57. The van der Waals surface area contributed by atoms with E-state index in [1.165, 1.54) is 0 Å². The fourth-order valence-electron chi connectivity index (χ4n) is 4.34. The molecule has 0 amide bonds. The van der Waals surface area contributed by atoms with Crippen molar-refractivity contribution in [1.82, 2.24) is 15.0 Å². The lowest BCUT2D eigenvalue weighted by atomic mass is 9.92. The first-order valence-electron chi connectivity index (χ1n) is 10.4. The van der Waals surface area contributed by atoms with Crippen LogP contribution in [0.15, 0.2) is 85.2 Å². The standard InChI is InChI=1S/C26H19Cl4N3/c27-15-5-1-6-16(28)23(15)25(19-9-3-13-31-19)21-11-12-22(33-21)26(20-10-4-14-32-20)24-17(29)7-2-8-18(24)30/h1-14,25-26,31-33H. The molecule has 2 unspecified atom stereocenters. The van der Waals surface area contributed by atoms with Crippen LogP contribution in [0.4, 0.5) is 0 Å². The second-order valence-corrected chi connectivity index (χ2v) is 9.39. The maximum Gasteiger partial charge on any atom is 0.0670 e. The molecular formula is C26H19Cl4N3. The molecule has 166 valence electrons. The van der Waals surface area contributed by atoms with E-state index >= 15 is 0 Å². The van der Waals surface area contributed by atoms with Gasteiger partial charge in [0.1, 0.15) is 0 Å². The van der Waals surface area contributed by atoms with Crippen molar-refractivity contribution in [1.29, 1.82) is 0 Å². The zero-order valence-electron chi connectivity index (χ0n) is 17.2. The maximum absolute atomic E-state index is 6.63. The van der Waals surface area contributed by atoms with Gasteiger partial charge < -0.3 is 15.0 Å². The molecule has 0 bridgehead atoms. The van der Waals surface area contributed by atoms with Crippen molar-refractivity contribution in [2.45, 2.75) is 11.8 Å². The Labute approximate surface area is 211 Å². The first kappa shape index (κ1) is 22.2. The average molecular weight is 515 g/mol. The molecule has 2 aromatic carbocycles. The Morgan fingerprint density at radius 1 is 0.455 bits per heavy atom. The third-order valence-corrected chi connectivity index (χ3v) is 7.11. The van der Waals surface area contributed by atoms with Gasteiger partial charge in [0.15, 0.2) is 0 Å². The van der Waals surface area contributed by atoms with Crippen LogP contribution in [0.1, 0.15) is 45.7 Å². The van der Waals surface area contributed by atoms with Crippen molar-refractivity contribution in [3.63, 3.8) is 0 Å². The van der Waals surface area contributed by atoms with E-state index in [9.17, 15) is 0 Å². The summed E-state index contributed by atoms with van der Waals surface area (Å²) in [6.07, 6.45) is 3.78. The molecule has 7 heteroatoms. The van der Waals surface area contributed by atoms with Gasteiger partial charge in [0.25, 0.3) is 0 Å². The van der Waals surface area contributed by atoms with Gasteiger partial charge in [-0.25, -0.2) is 0 Å². The van der Waals surface area contributed by atoms with E-state index in [1.54, 1.807) is 0 Å². The smallest absolute Gasteiger partial charge is 0.0670 e. The van der Waals surface area contributed by atoms with Gasteiger partial charge >= 0.3 is 0 Å². The highest BCUT2D eigenvalue weighted by molar-refractivity contribution is 6.36. The van der Waals surface area contributed by atoms with Crippen LogP contribution in [0.2, 0.25) is 20.1 Å². The van der Waals surface area contributed by atoms with Crippen molar-refractivity contribution >= 4 is 46.4 Å². The number of benzene rings is 2. The van der Waals surface area contributed by atoms with Crippen molar-refractivity contribution in [2.75, 3.05) is 0 Å². The molecule has 3 nitrogen and oxygen atoms in total. The fourth-order valence-corrected chi connectivity index (χ4v) is 5.58. The van der Waals surface area contributed by atoms with Gasteiger partial charge in [-0.3, -0.25) is 0 Å². The normalized spacial score (nSPS) is 13.2. The zero-order chi connectivity index (χ0) is 22.9. The predicted molar refractivity (Wildman–Crippen MR) is 137 cm³/mol. The molecule has 5 aromatic rings. The van der Waals surface area contributed by atoms with Crippen LogP contribution in [-0.4, -0.2) is 15.0 Å². The molecule has 0 radical (unpaired) electrons. The summed E-state index contributed by atoms with van der Waals surface area (Å²) in [5.74, 6) is -0.415. The Morgan fingerprint density at radius 2 is 0.848 bits per heavy atom. The van der Waals surface area contributed by atoms with Crippen molar-refractivity contribution in [3.8, 4) is 0 Å². The zero-order valence-corrected chi connectivity index (χ0v) is 20.3. The summed E-state index contributed by atoms with van der Waals surface area (Å²) in [5, 5.41) is 2.42. The third-order valence-electron chi connectivity index (χ3n) is 5.80. The lowest BCUT2D eigenvalue weighted by Gasteiger charge is -2.20. The van der Waals surface area contributed by atoms with Gasteiger partial charge in [0.05, 0.1) is 11.8 Å². The Hall–Kier alpha value is -2.56. The number of nitrogens with one attached hydrogen (secondary N) is 3. The first-order valence-corrected chi connectivity index (χ1v) is 11.9. The van der Waals surface area contributed by atoms with Crippen molar-refractivity contribution in [2.24, 2.45) is 0 Å². The summed E-state index contributed by atoms with van der Waals surface area (Å²) in [5.41, 5.74) is 5.52. The lowest BCUT2D eigenvalue weighted by Crippen LogP contribution is -2.09. The van der Waals surface area contributed by atoms with Crippen LogP contribution < -0.4 is 0 Å². The van der Waals surface area contributed by atoms with Gasteiger partial charge in [0.2, 0.25) is 0 Å². The van der Waals surface area contributed by atoms with Gasteiger partial charge in [0, 0.05) is 66.4 Å². The summed E-state index contributed by atoms with van der Waals surface area (Å²) < 4.78 is 0. The maximum atomic E-state index is 6.63. The summed E-state index contributed by atoms with van der Waals surface area (Å²) in [6, 6.07) is 23.2. The summed E-state index contributed by atoms with van der Waals surface area (Å²) in [7, 11) is 0. The molecule has 0 aliphatic heterocycles. The molecule has 0 saturated carbocycles. The Kier molecular flexibility index (Phi) is 6.31. The van der Waals surface area contributed by atoms with Crippen LogP contribution in [0, 0.1) is 0 Å². The highest BCUT2D eigenvalue weighted by Gasteiger charge is 2.28. The Morgan fingerprint density at radius 3 is 1.18 bits per heavy atom. The molecule has 3 heterocycles.